The summed E-state index contributed by atoms with van der Waals surface area (Å²) in [5.41, 5.74) is 0.391. The highest BCUT2D eigenvalue weighted by Crippen LogP contribution is 2.19. The van der Waals surface area contributed by atoms with E-state index in [-0.39, 0.29) is 0 Å². The number of rotatable bonds is 4. The van der Waals surface area contributed by atoms with Crippen LogP contribution in [0, 0.1) is 0 Å². The first-order valence-electron chi connectivity index (χ1n) is 4.80. The third-order valence-electron chi connectivity index (χ3n) is 2.60. The molecule has 0 aliphatic rings. The molecular weight excluding hydrogens is 164 g/mol. The predicted molar refractivity (Wildman–Crippen MR) is 52.4 cm³/mol. The molecule has 1 heterocycles. The van der Waals surface area contributed by atoms with Gasteiger partial charge in [-0.3, -0.25) is 4.68 Å². The van der Waals surface area contributed by atoms with Gasteiger partial charge in [0.15, 0.2) is 0 Å². The van der Waals surface area contributed by atoms with E-state index in [1.165, 1.54) is 0 Å². The summed E-state index contributed by atoms with van der Waals surface area (Å²) in [5, 5.41) is 14.3. The summed E-state index contributed by atoms with van der Waals surface area (Å²) in [6.07, 6.45) is 4.11. The molecule has 1 rings (SSSR count). The van der Waals surface area contributed by atoms with E-state index in [9.17, 15) is 5.11 Å². The number of hydrogen-bond acceptors (Lipinski definition) is 2. The standard InChI is InChI=1S/C10H18N2O/c1-4-10(13,5-2)8-9-6-7-12(3)11-9/h6-7,13H,4-5,8H2,1-3H3. The molecule has 0 saturated heterocycles. The van der Waals surface area contributed by atoms with E-state index in [1.54, 1.807) is 4.68 Å². The molecule has 0 aromatic carbocycles. The van der Waals surface area contributed by atoms with E-state index >= 15 is 0 Å². The average Bonchev–Trinajstić information content (AvgIpc) is 2.51. The Morgan fingerprint density at radius 1 is 1.46 bits per heavy atom. The van der Waals surface area contributed by atoms with Crippen molar-refractivity contribution >= 4 is 0 Å². The lowest BCUT2D eigenvalue weighted by atomic mass is 9.92. The van der Waals surface area contributed by atoms with Crippen molar-refractivity contribution in [3.63, 3.8) is 0 Å². The van der Waals surface area contributed by atoms with E-state index in [4.69, 9.17) is 0 Å². The van der Waals surface area contributed by atoms with Gasteiger partial charge < -0.3 is 5.11 Å². The zero-order chi connectivity index (χ0) is 9.90. The maximum absolute atomic E-state index is 10.0. The molecule has 0 amide bonds. The minimum atomic E-state index is -0.575. The van der Waals surface area contributed by atoms with Crippen LogP contribution in [0.2, 0.25) is 0 Å². The van der Waals surface area contributed by atoms with Crippen LogP contribution in [0.3, 0.4) is 0 Å². The van der Waals surface area contributed by atoms with Crippen LogP contribution >= 0.6 is 0 Å². The van der Waals surface area contributed by atoms with E-state index < -0.39 is 5.60 Å². The number of nitrogens with zero attached hydrogens (tertiary/aromatic N) is 2. The molecule has 1 N–H and O–H groups in total. The Hall–Kier alpha value is -0.830. The van der Waals surface area contributed by atoms with Gasteiger partial charge in [0, 0.05) is 19.7 Å². The summed E-state index contributed by atoms with van der Waals surface area (Å²) < 4.78 is 1.76. The lowest BCUT2D eigenvalue weighted by Crippen LogP contribution is -2.29. The second kappa shape index (κ2) is 3.92. The highest BCUT2D eigenvalue weighted by atomic mass is 16.3. The monoisotopic (exact) mass is 182 g/mol. The van der Waals surface area contributed by atoms with Crippen LogP contribution in [0.25, 0.3) is 0 Å². The van der Waals surface area contributed by atoms with Crippen LogP contribution in [0.1, 0.15) is 32.4 Å². The van der Waals surface area contributed by atoms with Crippen molar-refractivity contribution in [1.29, 1.82) is 0 Å². The van der Waals surface area contributed by atoms with Crippen LogP contribution in [0.15, 0.2) is 12.3 Å². The second-order valence-electron chi connectivity index (χ2n) is 3.59. The van der Waals surface area contributed by atoms with Gasteiger partial charge in [0.2, 0.25) is 0 Å². The van der Waals surface area contributed by atoms with Gasteiger partial charge in [0.05, 0.1) is 11.3 Å². The van der Waals surface area contributed by atoms with Crippen molar-refractivity contribution in [2.75, 3.05) is 0 Å². The maximum atomic E-state index is 10.0. The molecule has 0 bridgehead atoms. The highest BCUT2D eigenvalue weighted by Gasteiger charge is 2.23. The van der Waals surface area contributed by atoms with Gasteiger partial charge in [0.1, 0.15) is 0 Å². The Morgan fingerprint density at radius 3 is 2.46 bits per heavy atom. The Morgan fingerprint density at radius 2 is 2.08 bits per heavy atom. The quantitative estimate of drug-likeness (QED) is 0.766. The molecule has 3 heteroatoms. The zero-order valence-corrected chi connectivity index (χ0v) is 8.62. The molecule has 0 atom stereocenters. The molecule has 0 aliphatic carbocycles. The van der Waals surface area contributed by atoms with Gasteiger partial charge in [-0.2, -0.15) is 5.10 Å². The number of aryl methyl sites for hydroxylation is 1. The van der Waals surface area contributed by atoms with Crippen molar-refractivity contribution in [3.8, 4) is 0 Å². The molecule has 0 unspecified atom stereocenters. The van der Waals surface area contributed by atoms with Gasteiger partial charge >= 0.3 is 0 Å². The molecule has 74 valence electrons. The Balaban J connectivity index is 2.67. The summed E-state index contributed by atoms with van der Waals surface area (Å²) in [7, 11) is 1.89. The Bertz CT molecular complexity index is 264. The molecule has 0 fully saturated rings. The SMILES string of the molecule is CCC(O)(CC)Cc1ccn(C)n1. The fraction of sp³-hybridized carbons (Fsp3) is 0.700. The Kier molecular flexibility index (Phi) is 3.09. The highest BCUT2D eigenvalue weighted by molar-refractivity contribution is 5.03. The summed E-state index contributed by atoms with van der Waals surface area (Å²) in [6, 6.07) is 1.95. The maximum Gasteiger partial charge on any atom is 0.0698 e. The molecule has 0 saturated carbocycles. The molecule has 13 heavy (non-hydrogen) atoms. The average molecular weight is 182 g/mol. The van der Waals surface area contributed by atoms with Gasteiger partial charge in [-0.05, 0) is 18.9 Å². The number of hydrogen-bond donors (Lipinski definition) is 1. The molecule has 0 spiro atoms. The van der Waals surface area contributed by atoms with Crippen molar-refractivity contribution in [1.82, 2.24) is 9.78 Å². The molecule has 3 nitrogen and oxygen atoms in total. The van der Waals surface area contributed by atoms with Crippen molar-refractivity contribution in [2.45, 2.75) is 38.7 Å². The number of aliphatic hydroxyl groups is 1. The molecule has 0 radical (unpaired) electrons. The van der Waals surface area contributed by atoms with E-state index in [0.29, 0.717) is 6.42 Å². The van der Waals surface area contributed by atoms with E-state index in [0.717, 1.165) is 18.5 Å². The Labute approximate surface area is 79.4 Å². The third kappa shape index (κ3) is 2.56. The number of aromatic nitrogens is 2. The smallest absolute Gasteiger partial charge is 0.0698 e. The normalized spacial score (nSPS) is 12.0. The molecular formula is C10H18N2O. The van der Waals surface area contributed by atoms with Crippen LogP contribution in [0.4, 0.5) is 0 Å². The van der Waals surface area contributed by atoms with Gasteiger partial charge in [-0.25, -0.2) is 0 Å². The van der Waals surface area contributed by atoms with E-state index in [1.807, 2.05) is 33.2 Å². The molecule has 1 aromatic rings. The summed E-state index contributed by atoms with van der Waals surface area (Å²) in [4.78, 5) is 0. The second-order valence-corrected chi connectivity index (χ2v) is 3.59. The van der Waals surface area contributed by atoms with Gasteiger partial charge in [-0.15, -0.1) is 0 Å². The van der Waals surface area contributed by atoms with Crippen LogP contribution in [-0.2, 0) is 13.5 Å². The summed E-state index contributed by atoms with van der Waals surface area (Å²) in [6.45, 7) is 4.01. The predicted octanol–water partition coefficient (Wildman–Crippen LogP) is 1.51. The van der Waals surface area contributed by atoms with Crippen LogP contribution < -0.4 is 0 Å². The molecule has 0 aliphatic heterocycles. The summed E-state index contributed by atoms with van der Waals surface area (Å²) >= 11 is 0. The third-order valence-corrected chi connectivity index (χ3v) is 2.60. The minimum Gasteiger partial charge on any atom is -0.390 e. The van der Waals surface area contributed by atoms with Crippen molar-refractivity contribution < 1.29 is 5.11 Å². The minimum absolute atomic E-state index is 0.575. The fourth-order valence-electron chi connectivity index (χ4n) is 1.39. The lowest BCUT2D eigenvalue weighted by Gasteiger charge is -2.23. The first kappa shape index (κ1) is 10.3. The first-order chi connectivity index (χ1) is 6.09. The van der Waals surface area contributed by atoms with Crippen molar-refractivity contribution in [2.24, 2.45) is 7.05 Å². The van der Waals surface area contributed by atoms with Gasteiger partial charge in [-0.1, -0.05) is 13.8 Å². The first-order valence-corrected chi connectivity index (χ1v) is 4.80. The topological polar surface area (TPSA) is 38.0 Å². The summed E-state index contributed by atoms with van der Waals surface area (Å²) in [5.74, 6) is 0. The fourth-order valence-corrected chi connectivity index (χ4v) is 1.39. The van der Waals surface area contributed by atoms with Crippen LogP contribution in [0.5, 0.6) is 0 Å². The van der Waals surface area contributed by atoms with E-state index in [2.05, 4.69) is 5.10 Å². The largest absolute Gasteiger partial charge is 0.390 e. The van der Waals surface area contributed by atoms with Crippen molar-refractivity contribution in [3.05, 3.63) is 18.0 Å². The zero-order valence-electron chi connectivity index (χ0n) is 8.62. The van der Waals surface area contributed by atoms with Gasteiger partial charge in [0.25, 0.3) is 0 Å². The van der Waals surface area contributed by atoms with Crippen LogP contribution in [-0.4, -0.2) is 20.5 Å². The lowest BCUT2D eigenvalue weighted by molar-refractivity contribution is 0.0316. The molecule has 1 aromatic heterocycles.